The molecule has 4 nitrogen and oxygen atoms in total. The third-order valence-corrected chi connectivity index (χ3v) is 7.70. The van der Waals surface area contributed by atoms with Gasteiger partial charge in [-0.05, 0) is 25.7 Å². The maximum atomic E-state index is 12.8. The summed E-state index contributed by atoms with van der Waals surface area (Å²) < 4.78 is 11.0. The lowest BCUT2D eigenvalue weighted by Gasteiger charge is -2.27. The van der Waals surface area contributed by atoms with Gasteiger partial charge in [0.05, 0.1) is 13.2 Å². The molecular formula is C32H62O4. The number of rotatable bonds is 27. The smallest absolute Gasteiger partial charge is 0.323 e. The number of esters is 2. The molecule has 0 unspecified atom stereocenters. The van der Waals surface area contributed by atoms with Crippen molar-refractivity contribution in [3.05, 3.63) is 0 Å². The van der Waals surface area contributed by atoms with E-state index in [0.717, 1.165) is 25.7 Å². The Hall–Kier alpha value is -1.06. The average molecular weight is 511 g/mol. The van der Waals surface area contributed by atoms with E-state index >= 15 is 0 Å². The van der Waals surface area contributed by atoms with E-state index in [2.05, 4.69) is 13.8 Å². The highest BCUT2D eigenvalue weighted by Gasteiger charge is 2.45. The van der Waals surface area contributed by atoms with Crippen molar-refractivity contribution in [2.24, 2.45) is 5.41 Å². The topological polar surface area (TPSA) is 52.6 Å². The van der Waals surface area contributed by atoms with E-state index in [1.165, 1.54) is 109 Å². The molecule has 0 spiro atoms. The van der Waals surface area contributed by atoms with Crippen molar-refractivity contribution < 1.29 is 19.1 Å². The molecule has 0 aromatic carbocycles. The van der Waals surface area contributed by atoms with Gasteiger partial charge >= 0.3 is 11.9 Å². The van der Waals surface area contributed by atoms with Crippen molar-refractivity contribution in [3.63, 3.8) is 0 Å². The van der Waals surface area contributed by atoms with Crippen LogP contribution in [0.4, 0.5) is 0 Å². The van der Waals surface area contributed by atoms with Gasteiger partial charge in [0.25, 0.3) is 0 Å². The molecule has 0 rings (SSSR count). The molecule has 214 valence electrons. The molecule has 0 aliphatic rings. The first-order valence-corrected chi connectivity index (χ1v) is 15.9. The zero-order valence-electron chi connectivity index (χ0n) is 24.8. The Kier molecular flexibility index (Phi) is 24.8. The van der Waals surface area contributed by atoms with Crippen LogP contribution in [0, 0.1) is 5.41 Å². The largest absolute Gasteiger partial charge is 0.465 e. The highest BCUT2D eigenvalue weighted by atomic mass is 16.6. The van der Waals surface area contributed by atoms with Crippen LogP contribution in [0.5, 0.6) is 0 Å². The van der Waals surface area contributed by atoms with Gasteiger partial charge in [0, 0.05) is 0 Å². The fourth-order valence-electron chi connectivity index (χ4n) is 4.87. The second-order valence-corrected chi connectivity index (χ2v) is 10.8. The zero-order valence-corrected chi connectivity index (χ0v) is 24.8. The minimum Gasteiger partial charge on any atom is -0.465 e. The van der Waals surface area contributed by atoms with Crippen LogP contribution >= 0.6 is 0 Å². The van der Waals surface area contributed by atoms with Gasteiger partial charge in [0.2, 0.25) is 0 Å². The lowest BCUT2D eigenvalue weighted by atomic mass is 9.82. The van der Waals surface area contributed by atoms with Crippen molar-refractivity contribution in [1.82, 2.24) is 0 Å². The van der Waals surface area contributed by atoms with E-state index in [9.17, 15) is 9.59 Å². The maximum absolute atomic E-state index is 12.8. The molecule has 0 aliphatic heterocycles. The Balaban J connectivity index is 3.77. The summed E-state index contributed by atoms with van der Waals surface area (Å²) in [4.78, 5) is 25.5. The van der Waals surface area contributed by atoms with Gasteiger partial charge in [-0.25, -0.2) is 0 Å². The molecule has 0 saturated heterocycles. The molecule has 0 radical (unpaired) electrons. The predicted molar refractivity (Wildman–Crippen MR) is 153 cm³/mol. The maximum Gasteiger partial charge on any atom is 0.323 e. The molecule has 0 aliphatic carbocycles. The van der Waals surface area contributed by atoms with Gasteiger partial charge in [-0.1, -0.05) is 150 Å². The number of ether oxygens (including phenoxy) is 2. The standard InChI is InChI=1S/C32H62O4/c1-5-9-11-13-14-15-16-17-18-19-20-21-22-23-25-27-29-36-31(34)32(7-3,8-4)30(33)35-28-26-24-12-10-6-2/h5-29H2,1-4H3. The predicted octanol–water partition coefficient (Wildman–Crippen LogP) is 10.1. The van der Waals surface area contributed by atoms with E-state index in [-0.39, 0.29) is 0 Å². The Labute approximate surface area is 225 Å². The van der Waals surface area contributed by atoms with Gasteiger partial charge < -0.3 is 9.47 Å². The van der Waals surface area contributed by atoms with E-state index < -0.39 is 17.4 Å². The normalized spacial score (nSPS) is 11.6. The van der Waals surface area contributed by atoms with Crippen LogP contribution in [0.15, 0.2) is 0 Å². The van der Waals surface area contributed by atoms with Crippen molar-refractivity contribution in [1.29, 1.82) is 0 Å². The first-order valence-electron chi connectivity index (χ1n) is 15.9. The highest BCUT2D eigenvalue weighted by Crippen LogP contribution is 2.30. The fraction of sp³-hybridized carbons (Fsp3) is 0.938. The summed E-state index contributed by atoms with van der Waals surface area (Å²) in [5.74, 6) is -0.801. The lowest BCUT2D eigenvalue weighted by molar-refractivity contribution is -0.173. The van der Waals surface area contributed by atoms with Crippen LogP contribution in [0.2, 0.25) is 0 Å². The van der Waals surface area contributed by atoms with Gasteiger partial charge in [-0.2, -0.15) is 0 Å². The summed E-state index contributed by atoms with van der Waals surface area (Å²) in [7, 11) is 0. The number of carbonyl (C=O) groups excluding carboxylic acids is 2. The van der Waals surface area contributed by atoms with Crippen LogP contribution in [0.25, 0.3) is 0 Å². The molecule has 0 saturated carbocycles. The summed E-state index contributed by atoms with van der Waals surface area (Å²) >= 11 is 0. The summed E-state index contributed by atoms with van der Waals surface area (Å²) in [5.41, 5.74) is -1.14. The number of unbranched alkanes of at least 4 members (excludes halogenated alkanes) is 19. The van der Waals surface area contributed by atoms with Crippen LogP contribution in [-0.2, 0) is 19.1 Å². The highest BCUT2D eigenvalue weighted by molar-refractivity contribution is 5.99. The van der Waals surface area contributed by atoms with Crippen molar-refractivity contribution >= 4 is 11.9 Å². The zero-order chi connectivity index (χ0) is 26.7. The third kappa shape index (κ3) is 17.4. The average Bonchev–Trinajstić information content (AvgIpc) is 2.89. The van der Waals surface area contributed by atoms with Crippen LogP contribution in [0.1, 0.15) is 175 Å². The minimum absolute atomic E-state index is 0.399. The number of hydrogen-bond acceptors (Lipinski definition) is 4. The van der Waals surface area contributed by atoms with Crippen molar-refractivity contribution in [2.45, 2.75) is 175 Å². The number of hydrogen-bond donors (Lipinski definition) is 0. The monoisotopic (exact) mass is 510 g/mol. The third-order valence-electron chi connectivity index (χ3n) is 7.70. The first kappa shape index (κ1) is 34.9. The van der Waals surface area contributed by atoms with E-state index in [1.807, 2.05) is 13.8 Å². The van der Waals surface area contributed by atoms with Crippen molar-refractivity contribution in [3.8, 4) is 0 Å². The quantitative estimate of drug-likeness (QED) is 0.0626. The molecule has 0 fully saturated rings. The summed E-state index contributed by atoms with van der Waals surface area (Å²) in [6, 6.07) is 0. The van der Waals surface area contributed by atoms with E-state index in [1.54, 1.807) is 0 Å². The molecule has 0 atom stereocenters. The molecule has 0 N–H and O–H groups in total. The van der Waals surface area contributed by atoms with Crippen LogP contribution in [0.3, 0.4) is 0 Å². The second kappa shape index (κ2) is 25.6. The summed E-state index contributed by atoms with van der Waals surface area (Å²) in [5, 5.41) is 0. The molecule has 36 heavy (non-hydrogen) atoms. The Morgan fingerprint density at radius 2 is 0.667 bits per heavy atom. The van der Waals surface area contributed by atoms with Gasteiger partial charge in [0.15, 0.2) is 5.41 Å². The van der Waals surface area contributed by atoms with E-state index in [4.69, 9.17) is 9.47 Å². The Morgan fingerprint density at radius 3 is 0.917 bits per heavy atom. The fourth-order valence-corrected chi connectivity index (χ4v) is 4.87. The lowest BCUT2D eigenvalue weighted by Crippen LogP contribution is -2.41. The molecule has 0 bridgehead atoms. The van der Waals surface area contributed by atoms with Gasteiger partial charge in [-0.3, -0.25) is 9.59 Å². The summed E-state index contributed by atoms with van der Waals surface area (Å²) in [6.07, 6.45) is 27.5. The molecule has 0 amide bonds. The first-order chi connectivity index (χ1) is 17.6. The molecule has 4 heteroatoms. The molecule has 0 heterocycles. The van der Waals surface area contributed by atoms with E-state index in [0.29, 0.717) is 26.1 Å². The van der Waals surface area contributed by atoms with Gasteiger partial charge in [0.1, 0.15) is 0 Å². The van der Waals surface area contributed by atoms with Gasteiger partial charge in [-0.15, -0.1) is 0 Å². The summed E-state index contributed by atoms with van der Waals surface area (Å²) in [6.45, 7) is 9.02. The minimum atomic E-state index is -1.14. The second-order valence-electron chi connectivity index (χ2n) is 10.8. The van der Waals surface area contributed by atoms with Crippen LogP contribution < -0.4 is 0 Å². The molecule has 0 aromatic rings. The van der Waals surface area contributed by atoms with Crippen LogP contribution in [-0.4, -0.2) is 25.2 Å². The molecule has 0 aromatic heterocycles. The molecular weight excluding hydrogens is 448 g/mol. The Morgan fingerprint density at radius 1 is 0.417 bits per heavy atom. The SMILES string of the molecule is CCCCCCCCCCCCCCCCCCOC(=O)C(CC)(CC)C(=O)OCCCCCCC. The van der Waals surface area contributed by atoms with Crippen molar-refractivity contribution in [2.75, 3.05) is 13.2 Å². The number of carbonyl (C=O) groups is 2. The Bertz CT molecular complexity index is 498.